The fourth-order valence-electron chi connectivity index (χ4n) is 6.74. The van der Waals surface area contributed by atoms with Crippen molar-refractivity contribution in [2.75, 3.05) is 57.4 Å². The summed E-state index contributed by atoms with van der Waals surface area (Å²) < 4.78 is 18.4. The molecule has 2 unspecified atom stereocenters. The van der Waals surface area contributed by atoms with Crippen molar-refractivity contribution in [1.82, 2.24) is 15.6 Å². The minimum absolute atomic E-state index is 0.0183. The molecule has 51 heavy (non-hydrogen) atoms. The van der Waals surface area contributed by atoms with E-state index >= 15 is 0 Å². The summed E-state index contributed by atoms with van der Waals surface area (Å²) in [5.74, 6) is 0.840. The summed E-state index contributed by atoms with van der Waals surface area (Å²) in [7, 11) is 0. The number of aryl methyl sites for hydroxylation is 1. The molecule has 0 radical (unpaired) electrons. The first-order valence-electron chi connectivity index (χ1n) is 18.0. The Labute approximate surface area is 300 Å². The third-order valence-corrected chi connectivity index (χ3v) is 9.36. The van der Waals surface area contributed by atoms with Gasteiger partial charge in [0.1, 0.15) is 5.75 Å². The van der Waals surface area contributed by atoms with Crippen LogP contribution in [0.1, 0.15) is 67.2 Å². The van der Waals surface area contributed by atoms with Crippen LogP contribution in [0.4, 0.5) is 5.69 Å². The van der Waals surface area contributed by atoms with E-state index < -0.39 is 0 Å². The van der Waals surface area contributed by atoms with Crippen LogP contribution in [0, 0.1) is 0 Å². The highest BCUT2D eigenvalue weighted by atomic mass is 17.1. The quantitative estimate of drug-likeness (QED) is 0.112. The molecule has 2 aliphatic rings. The van der Waals surface area contributed by atoms with Gasteiger partial charge in [0.15, 0.2) is 0 Å². The summed E-state index contributed by atoms with van der Waals surface area (Å²) in [5, 5.41) is 20.1. The molecule has 1 saturated heterocycles. The van der Waals surface area contributed by atoms with E-state index in [0.29, 0.717) is 52.5 Å². The van der Waals surface area contributed by atoms with Crippen LogP contribution in [0.15, 0.2) is 72.8 Å². The van der Waals surface area contributed by atoms with Crippen LogP contribution in [0.3, 0.4) is 0 Å². The van der Waals surface area contributed by atoms with Gasteiger partial charge >= 0.3 is 0 Å². The van der Waals surface area contributed by atoms with Gasteiger partial charge in [0, 0.05) is 64.1 Å². The van der Waals surface area contributed by atoms with Crippen molar-refractivity contribution in [3.63, 3.8) is 0 Å². The average Bonchev–Trinajstić information content (AvgIpc) is 3.14. The lowest BCUT2D eigenvalue weighted by Crippen LogP contribution is -2.46. The molecular formula is C39H52N4O8. The molecule has 3 aromatic rings. The second-order valence-corrected chi connectivity index (χ2v) is 13.1. The van der Waals surface area contributed by atoms with Crippen molar-refractivity contribution in [3.8, 4) is 5.75 Å². The molecule has 0 aliphatic carbocycles. The highest BCUT2D eigenvalue weighted by Gasteiger charge is 2.33. The summed E-state index contributed by atoms with van der Waals surface area (Å²) in [6, 6.07) is 24.8. The molecule has 2 heterocycles. The van der Waals surface area contributed by atoms with Crippen LogP contribution < -0.4 is 15.0 Å². The number of likely N-dealkylation sites (tertiary alicyclic amines) is 1. The Hall–Kier alpha value is -4.04. The summed E-state index contributed by atoms with van der Waals surface area (Å²) in [6.45, 7) is 7.07. The van der Waals surface area contributed by atoms with Crippen LogP contribution in [-0.4, -0.2) is 91.2 Å². The number of hydrogen-bond acceptors (Lipinski definition) is 10. The van der Waals surface area contributed by atoms with E-state index in [4.69, 9.17) is 24.6 Å². The van der Waals surface area contributed by atoms with Crippen molar-refractivity contribution in [1.29, 1.82) is 0 Å². The normalized spacial score (nSPS) is 17.3. The Morgan fingerprint density at radius 2 is 1.75 bits per heavy atom. The standard InChI is InChI=1S/C39H52N4O8/c1-30(44)40-19-22-41-20-5-10-34-13-12-32(26-37(34)41)29-50-38-27-42(39(45)11-6-25-51-43(46)47)21-18-36(38)33-14-16-35(17-15-33)49-24-7-23-48-28-31-8-3-2-4-9-31/h2-4,8-9,12-17,26,36,38,46-47H,5-7,10-11,18-25,27-29H2,1H3,(H,40,44). The Bertz CT molecular complexity index is 1510. The lowest BCUT2D eigenvalue weighted by atomic mass is 9.86. The van der Waals surface area contributed by atoms with Crippen LogP contribution in [0.5, 0.6) is 5.75 Å². The number of carbonyl (C=O) groups excluding carboxylic acids is 2. The van der Waals surface area contributed by atoms with Gasteiger partial charge in [0.05, 0.1) is 44.5 Å². The monoisotopic (exact) mass is 704 g/mol. The van der Waals surface area contributed by atoms with Crippen molar-refractivity contribution in [3.05, 3.63) is 95.1 Å². The molecule has 276 valence electrons. The summed E-state index contributed by atoms with van der Waals surface area (Å²) in [4.78, 5) is 33.4. The molecule has 0 bridgehead atoms. The molecule has 0 saturated carbocycles. The molecule has 0 spiro atoms. The Balaban J connectivity index is 1.19. The minimum atomic E-state index is -0.333. The largest absolute Gasteiger partial charge is 0.494 e. The van der Waals surface area contributed by atoms with Crippen LogP contribution in [-0.2, 0) is 43.5 Å². The van der Waals surface area contributed by atoms with E-state index in [2.05, 4.69) is 57.5 Å². The second-order valence-electron chi connectivity index (χ2n) is 13.1. The zero-order chi connectivity index (χ0) is 35.8. The van der Waals surface area contributed by atoms with E-state index in [1.54, 1.807) is 0 Å². The highest BCUT2D eigenvalue weighted by molar-refractivity contribution is 5.76. The first kappa shape index (κ1) is 38.2. The van der Waals surface area contributed by atoms with Gasteiger partial charge in [-0.05, 0) is 66.1 Å². The molecule has 12 nitrogen and oxygen atoms in total. The number of ether oxygens (including phenoxy) is 3. The predicted molar refractivity (Wildman–Crippen MR) is 191 cm³/mol. The average molecular weight is 705 g/mol. The fourth-order valence-corrected chi connectivity index (χ4v) is 6.74. The maximum atomic E-state index is 13.1. The van der Waals surface area contributed by atoms with Crippen molar-refractivity contribution in [2.24, 2.45) is 0 Å². The second kappa shape index (κ2) is 20.1. The van der Waals surface area contributed by atoms with Crippen molar-refractivity contribution < 1.29 is 39.1 Å². The SMILES string of the molecule is CC(=O)NCCN1CCCc2ccc(COC3CN(C(=O)CCCON(O)O)CCC3c3ccc(OCCCOCc4ccccc4)cc3)cc21. The van der Waals surface area contributed by atoms with E-state index in [-0.39, 0.29) is 42.3 Å². The number of amides is 2. The van der Waals surface area contributed by atoms with Gasteiger partial charge in [0.2, 0.25) is 11.8 Å². The number of carbonyl (C=O) groups is 2. The molecule has 2 amide bonds. The smallest absolute Gasteiger partial charge is 0.222 e. The molecule has 1 fully saturated rings. The zero-order valence-electron chi connectivity index (χ0n) is 29.6. The van der Waals surface area contributed by atoms with E-state index in [0.717, 1.165) is 61.2 Å². The lowest BCUT2D eigenvalue weighted by Gasteiger charge is -2.39. The van der Waals surface area contributed by atoms with Gasteiger partial charge in [-0.2, -0.15) is 0 Å². The summed E-state index contributed by atoms with van der Waals surface area (Å²) >= 11 is 0. The number of piperidine rings is 1. The number of anilines is 1. The van der Waals surface area contributed by atoms with Crippen LogP contribution >= 0.6 is 0 Å². The van der Waals surface area contributed by atoms with Gasteiger partial charge in [-0.25, -0.2) is 0 Å². The van der Waals surface area contributed by atoms with Gasteiger partial charge in [-0.15, -0.1) is 0 Å². The molecule has 3 N–H and O–H groups in total. The Kier molecular flexibility index (Phi) is 15.1. The minimum Gasteiger partial charge on any atom is -0.494 e. The number of rotatable bonds is 19. The van der Waals surface area contributed by atoms with Gasteiger partial charge in [0.25, 0.3) is 0 Å². The first-order valence-corrected chi connectivity index (χ1v) is 18.0. The van der Waals surface area contributed by atoms with Crippen molar-refractivity contribution in [2.45, 2.75) is 70.7 Å². The van der Waals surface area contributed by atoms with E-state index in [1.807, 2.05) is 35.2 Å². The van der Waals surface area contributed by atoms with Crippen LogP contribution in [0.25, 0.3) is 0 Å². The van der Waals surface area contributed by atoms with Gasteiger partial charge in [-0.1, -0.05) is 54.6 Å². The Morgan fingerprint density at radius 3 is 2.53 bits per heavy atom. The third-order valence-electron chi connectivity index (χ3n) is 9.36. The third kappa shape index (κ3) is 12.3. The summed E-state index contributed by atoms with van der Waals surface area (Å²) in [5.41, 5.74) is 5.85. The molecule has 0 aromatic heterocycles. The first-order chi connectivity index (χ1) is 24.9. The van der Waals surface area contributed by atoms with Crippen LogP contribution in [0.2, 0.25) is 0 Å². The zero-order valence-corrected chi connectivity index (χ0v) is 29.6. The topological polar surface area (TPSA) is 133 Å². The molecule has 12 heteroatoms. The molecule has 3 aromatic carbocycles. The predicted octanol–water partition coefficient (Wildman–Crippen LogP) is 5.25. The van der Waals surface area contributed by atoms with Gasteiger partial charge < -0.3 is 29.3 Å². The Morgan fingerprint density at radius 1 is 0.922 bits per heavy atom. The number of nitrogens with one attached hydrogen (secondary N) is 1. The number of hydrogen-bond donors (Lipinski definition) is 3. The summed E-state index contributed by atoms with van der Waals surface area (Å²) in [6.07, 6.45) is 3.99. The molecular weight excluding hydrogens is 652 g/mol. The lowest BCUT2D eigenvalue weighted by molar-refractivity contribution is -0.492. The maximum Gasteiger partial charge on any atom is 0.222 e. The van der Waals surface area contributed by atoms with Gasteiger partial charge in [-0.3, -0.25) is 24.8 Å². The maximum absolute atomic E-state index is 13.1. The van der Waals surface area contributed by atoms with E-state index in [9.17, 15) is 9.59 Å². The fraction of sp³-hybridized carbons (Fsp3) is 0.487. The van der Waals surface area contributed by atoms with E-state index in [1.165, 1.54) is 18.2 Å². The van der Waals surface area contributed by atoms with Crippen molar-refractivity contribution >= 4 is 17.5 Å². The highest BCUT2D eigenvalue weighted by Crippen LogP contribution is 2.34. The molecule has 2 aliphatic heterocycles. The number of fused-ring (bicyclic) bond motifs is 1. The number of benzene rings is 3. The molecule has 5 rings (SSSR count). The number of nitrogens with zero attached hydrogens (tertiary/aromatic N) is 3. The molecule has 2 atom stereocenters.